The van der Waals surface area contributed by atoms with E-state index in [2.05, 4.69) is 15.8 Å². The molecule has 2 aromatic carbocycles. The molecule has 0 spiro atoms. The minimum atomic E-state index is -0.530. The summed E-state index contributed by atoms with van der Waals surface area (Å²) >= 11 is 8.05. The summed E-state index contributed by atoms with van der Waals surface area (Å²) in [5.41, 5.74) is 2.02. The van der Waals surface area contributed by atoms with Gasteiger partial charge in [-0.25, -0.2) is 0 Å². The predicted octanol–water partition coefficient (Wildman–Crippen LogP) is 5.14. The van der Waals surface area contributed by atoms with Crippen molar-refractivity contribution >= 4 is 35.1 Å². The number of aromatic nitrogens is 1. The topological polar surface area (TPSA) is 67.2 Å². The van der Waals surface area contributed by atoms with Crippen LogP contribution in [0.4, 0.5) is 5.82 Å². The van der Waals surface area contributed by atoms with Gasteiger partial charge in [-0.05, 0) is 48.4 Å². The fourth-order valence-electron chi connectivity index (χ4n) is 3.33. The van der Waals surface area contributed by atoms with Crippen molar-refractivity contribution < 1.29 is 9.32 Å². The van der Waals surface area contributed by atoms with E-state index in [0.717, 1.165) is 23.3 Å². The van der Waals surface area contributed by atoms with Crippen LogP contribution < -0.4 is 10.6 Å². The number of rotatable bonds is 5. The minimum Gasteiger partial charge on any atom is -0.360 e. The Morgan fingerprint density at radius 3 is 2.82 bits per heavy atom. The Morgan fingerprint density at radius 1 is 1.25 bits per heavy atom. The minimum absolute atomic E-state index is 0.0324. The Kier molecular flexibility index (Phi) is 5.71. The monoisotopic (exact) mass is 413 g/mol. The van der Waals surface area contributed by atoms with Crippen LogP contribution in [0, 0.1) is 6.92 Å². The average molecular weight is 414 g/mol. The zero-order valence-electron chi connectivity index (χ0n) is 15.3. The maximum atomic E-state index is 13.1. The Bertz CT molecular complexity index is 977. The fourth-order valence-corrected chi connectivity index (χ4v) is 4.62. The summed E-state index contributed by atoms with van der Waals surface area (Å²) < 4.78 is 5.06. The molecule has 0 fully saturated rings. The van der Waals surface area contributed by atoms with E-state index in [1.807, 2.05) is 60.3 Å². The highest BCUT2D eigenvalue weighted by Gasteiger charge is 2.28. The molecule has 1 aliphatic rings. The van der Waals surface area contributed by atoms with Crippen LogP contribution in [0.25, 0.3) is 0 Å². The molecule has 0 aliphatic carbocycles. The molecule has 0 radical (unpaired) electrons. The quantitative estimate of drug-likeness (QED) is 0.606. The summed E-state index contributed by atoms with van der Waals surface area (Å²) in [5.74, 6) is 1.86. The molecule has 3 aromatic rings. The first-order valence-corrected chi connectivity index (χ1v) is 10.4. The molecule has 0 saturated carbocycles. The number of nitrogens with one attached hydrogen (secondary N) is 2. The zero-order valence-corrected chi connectivity index (χ0v) is 16.9. The number of benzene rings is 2. The maximum Gasteiger partial charge on any atom is 0.247 e. The van der Waals surface area contributed by atoms with Gasteiger partial charge in [0.1, 0.15) is 11.8 Å². The second-order valence-corrected chi connectivity index (χ2v) is 8.27. The van der Waals surface area contributed by atoms with Gasteiger partial charge in [-0.1, -0.05) is 47.1 Å². The van der Waals surface area contributed by atoms with Gasteiger partial charge in [0.15, 0.2) is 5.82 Å². The number of hydrogen-bond acceptors (Lipinski definition) is 5. The number of nitrogens with zero attached hydrogens (tertiary/aromatic N) is 1. The number of carbonyl (C=O) groups excluding carboxylic acids is 1. The van der Waals surface area contributed by atoms with Gasteiger partial charge in [-0.15, -0.1) is 11.8 Å². The van der Waals surface area contributed by atoms with E-state index in [9.17, 15) is 4.79 Å². The Morgan fingerprint density at radius 2 is 2.07 bits per heavy atom. The summed E-state index contributed by atoms with van der Waals surface area (Å²) in [7, 11) is 0. The van der Waals surface area contributed by atoms with E-state index in [1.54, 1.807) is 13.0 Å². The van der Waals surface area contributed by atoms with Crippen molar-refractivity contribution in [2.45, 2.75) is 30.3 Å². The second-order valence-electron chi connectivity index (χ2n) is 6.69. The molecule has 28 heavy (non-hydrogen) atoms. The van der Waals surface area contributed by atoms with Gasteiger partial charge in [0.2, 0.25) is 5.91 Å². The highest BCUT2D eigenvalue weighted by atomic mass is 35.5. The van der Waals surface area contributed by atoms with Crippen molar-refractivity contribution in [3.05, 3.63) is 76.5 Å². The lowest BCUT2D eigenvalue weighted by atomic mass is 9.99. The highest BCUT2D eigenvalue weighted by Crippen LogP contribution is 2.38. The number of amides is 1. The first-order chi connectivity index (χ1) is 13.6. The second kappa shape index (κ2) is 8.39. The SMILES string of the molecule is Cc1cc(NC(=O)[C@@H](N[C@H]2CCSc3ccc(Cl)cc32)c2ccccc2)no1. The van der Waals surface area contributed by atoms with E-state index >= 15 is 0 Å². The first kappa shape index (κ1) is 19.1. The normalized spacial score (nSPS) is 17.0. The number of fused-ring (bicyclic) bond motifs is 1. The average Bonchev–Trinajstić information content (AvgIpc) is 3.11. The molecule has 0 saturated heterocycles. The van der Waals surface area contributed by atoms with Crippen LogP contribution in [-0.4, -0.2) is 16.8 Å². The molecule has 4 rings (SSSR count). The van der Waals surface area contributed by atoms with Crippen molar-refractivity contribution in [3.8, 4) is 0 Å². The van der Waals surface area contributed by atoms with Crippen molar-refractivity contribution in [2.24, 2.45) is 0 Å². The third-order valence-electron chi connectivity index (χ3n) is 4.65. The van der Waals surface area contributed by atoms with Crippen LogP contribution in [0.1, 0.15) is 35.4 Å². The Balaban J connectivity index is 1.62. The lowest BCUT2D eigenvalue weighted by Gasteiger charge is -2.30. The van der Waals surface area contributed by atoms with Crippen LogP contribution in [-0.2, 0) is 4.79 Å². The van der Waals surface area contributed by atoms with Crippen molar-refractivity contribution in [1.29, 1.82) is 0 Å². The summed E-state index contributed by atoms with van der Waals surface area (Å²) in [4.78, 5) is 14.3. The van der Waals surface area contributed by atoms with Crippen molar-refractivity contribution in [1.82, 2.24) is 10.5 Å². The summed E-state index contributed by atoms with van der Waals surface area (Å²) in [6.45, 7) is 1.79. The fraction of sp³-hybridized carbons (Fsp3) is 0.238. The van der Waals surface area contributed by atoms with E-state index in [0.29, 0.717) is 16.6 Å². The third-order valence-corrected chi connectivity index (χ3v) is 6.01. The van der Waals surface area contributed by atoms with Gasteiger partial charge in [0, 0.05) is 22.0 Å². The molecular weight excluding hydrogens is 394 g/mol. The zero-order chi connectivity index (χ0) is 19.5. The molecule has 1 amide bonds. The number of halogens is 1. The van der Waals surface area contributed by atoms with Crippen LogP contribution in [0.15, 0.2) is 64.0 Å². The molecule has 1 aromatic heterocycles. The van der Waals surface area contributed by atoms with Crippen LogP contribution >= 0.6 is 23.4 Å². The molecule has 2 heterocycles. The van der Waals surface area contributed by atoms with Crippen LogP contribution in [0.5, 0.6) is 0 Å². The van der Waals surface area contributed by atoms with E-state index < -0.39 is 6.04 Å². The van der Waals surface area contributed by atoms with Gasteiger partial charge < -0.3 is 9.84 Å². The molecule has 2 atom stereocenters. The lowest BCUT2D eigenvalue weighted by Crippen LogP contribution is -2.36. The Labute approximate surface area is 172 Å². The van der Waals surface area contributed by atoms with Crippen molar-refractivity contribution in [3.63, 3.8) is 0 Å². The summed E-state index contributed by atoms with van der Waals surface area (Å²) in [5, 5.41) is 11.0. The number of thioether (sulfide) groups is 1. The van der Waals surface area contributed by atoms with Crippen molar-refractivity contribution in [2.75, 3.05) is 11.1 Å². The summed E-state index contributed by atoms with van der Waals surface area (Å²) in [6.07, 6.45) is 0.914. The maximum absolute atomic E-state index is 13.1. The standard InChI is InChI=1S/C21H20ClN3O2S/c1-13-11-19(25-27-13)24-21(26)20(14-5-3-2-4-6-14)23-17-9-10-28-18-8-7-15(22)12-16(17)18/h2-8,11-12,17,20,23H,9-10H2,1H3,(H,24,25,26)/t17-,20-/m0/s1. The molecule has 144 valence electrons. The number of carbonyl (C=O) groups is 1. The Hall–Kier alpha value is -2.28. The molecule has 1 aliphatic heterocycles. The molecule has 0 unspecified atom stereocenters. The number of hydrogen-bond donors (Lipinski definition) is 2. The number of anilines is 1. The molecule has 0 bridgehead atoms. The molecule has 7 heteroatoms. The van der Waals surface area contributed by atoms with E-state index in [1.165, 1.54) is 4.90 Å². The largest absolute Gasteiger partial charge is 0.360 e. The lowest BCUT2D eigenvalue weighted by molar-refractivity contribution is -0.118. The highest BCUT2D eigenvalue weighted by molar-refractivity contribution is 7.99. The van der Waals surface area contributed by atoms with E-state index in [-0.39, 0.29) is 11.9 Å². The summed E-state index contributed by atoms with van der Waals surface area (Å²) in [6, 6.07) is 16.8. The first-order valence-electron chi connectivity index (χ1n) is 9.07. The van der Waals surface area contributed by atoms with Gasteiger partial charge in [0.05, 0.1) is 0 Å². The molecule has 2 N–H and O–H groups in total. The van der Waals surface area contributed by atoms with Gasteiger partial charge in [0.25, 0.3) is 0 Å². The molecular formula is C21H20ClN3O2S. The van der Waals surface area contributed by atoms with Gasteiger partial charge >= 0.3 is 0 Å². The smallest absolute Gasteiger partial charge is 0.247 e. The van der Waals surface area contributed by atoms with Gasteiger partial charge in [-0.2, -0.15) is 0 Å². The molecule has 5 nitrogen and oxygen atoms in total. The number of aryl methyl sites for hydroxylation is 1. The van der Waals surface area contributed by atoms with E-state index in [4.69, 9.17) is 16.1 Å². The third kappa shape index (κ3) is 4.24. The van der Waals surface area contributed by atoms with Gasteiger partial charge in [-0.3, -0.25) is 10.1 Å². The van der Waals surface area contributed by atoms with Crippen LogP contribution in [0.2, 0.25) is 5.02 Å². The predicted molar refractivity (Wildman–Crippen MR) is 112 cm³/mol. The van der Waals surface area contributed by atoms with Crippen LogP contribution in [0.3, 0.4) is 0 Å².